The van der Waals surface area contributed by atoms with Crippen molar-refractivity contribution in [3.05, 3.63) is 28.5 Å². The number of halogens is 1. The van der Waals surface area contributed by atoms with Crippen LogP contribution in [0, 0.1) is 0 Å². The zero-order chi connectivity index (χ0) is 11.0. The van der Waals surface area contributed by atoms with Crippen LogP contribution in [-0.4, -0.2) is 31.4 Å². The topological polar surface area (TPSA) is 40.6 Å². The van der Waals surface area contributed by atoms with Crippen molar-refractivity contribution in [3.63, 3.8) is 0 Å². The summed E-state index contributed by atoms with van der Waals surface area (Å²) in [5, 5.41) is 0.480. The Morgan fingerprint density at radius 3 is 2.75 bits per heavy atom. The van der Waals surface area contributed by atoms with Crippen LogP contribution in [-0.2, 0) is 26.4 Å². The Morgan fingerprint density at radius 1 is 1.25 bits per heavy atom. The number of aromatic nitrogens is 1. The normalized spacial score (nSPS) is 23.1. The molecule has 4 nitrogen and oxygen atoms in total. The van der Waals surface area contributed by atoms with Crippen LogP contribution in [0.2, 0.25) is 5.15 Å². The Balaban J connectivity index is 2.02. The van der Waals surface area contributed by atoms with Crippen molar-refractivity contribution < 1.29 is 14.2 Å². The maximum atomic E-state index is 5.92. The highest BCUT2D eigenvalue weighted by atomic mass is 35.5. The van der Waals surface area contributed by atoms with Gasteiger partial charge in [-0.15, -0.1) is 0 Å². The Hall–Kier alpha value is -0.680. The molecule has 1 fully saturated rings. The minimum absolute atomic E-state index is 0.480. The van der Waals surface area contributed by atoms with Crippen molar-refractivity contribution in [2.45, 2.75) is 12.2 Å². The Bertz CT molecular complexity index is 402. The van der Waals surface area contributed by atoms with Gasteiger partial charge in [-0.05, 0) is 11.6 Å². The van der Waals surface area contributed by atoms with Crippen LogP contribution < -0.4 is 0 Å². The first-order valence-electron chi connectivity index (χ1n) is 5.24. The van der Waals surface area contributed by atoms with Crippen molar-refractivity contribution >= 4 is 11.6 Å². The van der Waals surface area contributed by atoms with Gasteiger partial charge in [0.25, 0.3) is 0 Å². The predicted octanol–water partition coefficient (Wildman–Crippen LogP) is 1.51. The van der Waals surface area contributed by atoms with Crippen LogP contribution in [0.1, 0.15) is 11.1 Å². The lowest BCUT2D eigenvalue weighted by Crippen LogP contribution is -2.34. The molecule has 0 atom stereocenters. The SMILES string of the molecule is Clc1cc2c(cn1)COC21COCCOC1. The smallest absolute Gasteiger partial charge is 0.140 e. The molecule has 5 heteroatoms. The van der Waals surface area contributed by atoms with Crippen molar-refractivity contribution in [3.8, 4) is 0 Å². The van der Waals surface area contributed by atoms with Gasteiger partial charge in [-0.3, -0.25) is 0 Å². The van der Waals surface area contributed by atoms with Crippen molar-refractivity contribution in [2.24, 2.45) is 0 Å². The van der Waals surface area contributed by atoms with Crippen LogP contribution >= 0.6 is 11.6 Å². The Kier molecular flexibility index (Phi) is 2.59. The molecule has 2 aliphatic heterocycles. The zero-order valence-corrected chi connectivity index (χ0v) is 9.50. The van der Waals surface area contributed by atoms with E-state index in [1.165, 1.54) is 0 Å². The lowest BCUT2D eigenvalue weighted by Gasteiger charge is -2.26. The van der Waals surface area contributed by atoms with Gasteiger partial charge >= 0.3 is 0 Å². The summed E-state index contributed by atoms with van der Waals surface area (Å²) in [5.41, 5.74) is 1.63. The summed E-state index contributed by atoms with van der Waals surface area (Å²) in [5.74, 6) is 0. The molecule has 3 rings (SSSR count). The second-order valence-corrected chi connectivity index (χ2v) is 4.44. The molecule has 0 saturated carbocycles. The van der Waals surface area contributed by atoms with Crippen LogP contribution in [0.5, 0.6) is 0 Å². The third-order valence-electron chi connectivity index (χ3n) is 2.99. The van der Waals surface area contributed by atoms with Gasteiger partial charge < -0.3 is 14.2 Å². The van der Waals surface area contributed by atoms with Crippen molar-refractivity contribution in [2.75, 3.05) is 26.4 Å². The quantitative estimate of drug-likeness (QED) is 0.646. The molecule has 16 heavy (non-hydrogen) atoms. The van der Waals surface area contributed by atoms with E-state index in [0.717, 1.165) is 11.1 Å². The summed E-state index contributed by atoms with van der Waals surface area (Å²) in [4.78, 5) is 4.06. The summed E-state index contributed by atoms with van der Waals surface area (Å²) >= 11 is 5.92. The van der Waals surface area contributed by atoms with Gasteiger partial charge in [0.05, 0.1) is 33.0 Å². The number of fused-ring (bicyclic) bond motifs is 2. The molecule has 2 aliphatic rings. The standard InChI is InChI=1S/C11H12ClNO3/c12-10-3-9-8(4-13-10)5-16-11(9)6-14-1-2-15-7-11/h3-4H,1-2,5-7H2. The van der Waals surface area contributed by atoms with E-state index >= 15 is 0 Å². The molecule has 0 radical (unpaired) electrons. The third-order valence-corrected chi connectivity index (χ3v) is 3.20. The fraction of sp³-hybridized carbons (Fsp3) is 0.545. The third kappa shape index (κ3) is 1.62. The van der Waals surface area contributed by atoms with Crippen LogP contribution in [0.4, 0.5) is 0 Å². The first-order valence-corrected chi connectivity index (χ1v) is 5.62. The summed E-state index contributed by atoms with van der Waals surface area (Å²) in [6.45, 7) is 2.80. The van der Waals surface area contributed by atoms with Gasteiger partial charge in [-0.2, -0.15) is 0 Å². The largest absolute Gasteiger partial charge is 0.376 e. The fourth-order valence-corrected chi connectivity index (χ4v) is 2.32. The number of hydrogen-bond donors (Lipinski definition) is 0. The fourth-order valence-electron chi connectivity index (χ4n) is 2.16. The lowest BCUT2D eigenvalue weighted by atomic mass is 9.95. The van der Waals surface area contributed by atoms with Gasteiger partial charge in [-0.1, -0.05) is 11.6 Å². The summed E-state index contributed by atoms with van der Waals surface area (Å²) in [6, 6.07) is 1.85. The Labute approximate surface area is 98.5 Å². The van der Waals surface area contributed by atoms with Gasteiger partial charge in [-0.25, -0.2) is 4.98 Å². The highest BCUT2D eigenvalue weighted by molar-refractivity contribution is 6.29. The molecule has 1 aromatic heterocycles. The van der Waals surface area contributed by atoms with E-state index < -0.39 is 5.60 Å². The summed E-state index contributed by atoms with van der Waals surface area (Å²) < 4.78 is 16.9. The van der Waals surface area contributed by atoms with E-state index in [-0.39, 0.29) is 0 Å². The molecule has 1 spiro atoms. The van der Waals surface area contributed by atoms with E-state index in [4.69, 9.17) is 25.8 Å². The first kappa shape index (κ1) is 10.5. The molecule has 0 aromatic carbocycles. The second kappa shape index (κ2) is 3.96. The lowest BCUT2D eigenvalue weighted by molar-refractivity contribution is -0.104. The molecule has 0 N–H and O–H groups in total. The average molecular weight is 242 g/mol. The highest BCUT2D eigenvalue weighted by Gasteiger charge is 2.42. The van der Waals surface area contributed by atoms with E-state index in [9.17, 15) is 0 Å². The molecule has 86 valence electrons. The Morgan fingerprint density at radius 2 is 2.00 bits per heavy atom. The number of nitrogens with zero attached hydrogens (tertiary/aromatic N) is 1. The predicted molar refractivity (Wildman–Crippen MR) is 57.4 cm³/mol. The van der Waals surface area contributed by atoms with Crippen LogP contribution in [0.15, 0.2) is 12.3 Å². The molecular formula is C11H12ClNO3. The van der Waals surface area contributed by atoms with Gasteiger partial charge in [0.15, 0.2) is 0 Å². The van der Waals surface area contributed by atoms with E-state index in [2.05, 4.69) is 4.98 Å². The molecule has 3 heterocycles. The van der Waals surface area contributed by atoms with Gasteiger partial charge in [0.2, 0.25) is 0 Å². The maximum absolute atomic E-state index is 5.92. The van der Waals surface area contributed by atoms with E-state index in [1.54, 1.807) is 6.20 Å². The van der Waals surface area contributed by atoms with Crippen LogP contribution in [0.3, 0.4) is 0 Å². The molecule has 0 aliphatic carbocycles. The minimum Gasteiger partial charge on any atom is -0.376 e. The second-order valence-electron chi connectivity index (χ2n) is 4.05. The molecule has 0 unspecified atom stereocenters. The summed E-state index contributed by atoms with van der Waals surface area (Å²) in [6.07, 6.45) is 1.76. The molecular weight excluding hydrogens is 230 g/mol. The monoisotopic (exact) mass is 241 g/mol. The van der Waals surface area contributed by atoms with E-state index in [0.29, 0.717) is 38.2 Å². The van der Waals surface area contributed by atoms with Crippen molar-refractivity contribution in [1.82, 2.24) is 4.98 Å². The number of ether oxygens (including phenoxy) is 3. The zero-order valence-electron chi connectivity index (χ0n) is 8.74. The van der Waals surface area contributed by atoms with Gasteiger partial charge in [0.1, 0.15) is 10.8 Å². The first-order chi connectivity index (χ1) is 7.80. The van der Waals surface area contributed by atoms with E-state index in [1.807, 2.05) is 6.07 Å². The van der Waals surface area contributed by atoms with Crippen LogP contribution in [0.25, 0.3) is 0 Å². The van der Waals surface area contributed by atoms with Gasteiger partial charge in [0, 0.05) is 11.8 Å². The number of rotatable bonds is 0. The maximum Gasteiger partial charge on any atom is 0.140 e. The number of hydrogen-bond acceptors (Lipinski definition) is 4. The molecule has 1 saturated heterocycles. The number of pyridine rings is 1. The highest BCUT2D eigenvalue weighted by Crippen LogP contribution is 2.38. The van der Waals surface area contributed by atoms with Crippen molar-refractivity contribution in [1.29, 1.82) is 0 Å². The summed E-state index contributed by atoms with van der Waals surface area (Å²) in [7, 11) is 0. The molecule has 0 bridgehead atoms. The molecule has 0 amide bonds. The molecule has 1 aromatic rings. The minimum atomic E-state index is -0.488. The average Bonchev–Trinajstić information content (AvgIpc) is 2.49.